The first kappa shape index (κ1) is 12.9. The highest BCUT2D eigenvalue weighted by molar-refractivity contribution is 5.81. The highest BCUT2D eigenvalue weighted by Crippen LogP contribution is 2.33. The molecule has 3 nitrogen and oxygen atoms in total. The molecule has 2 fully saturated rings. The average Bonchev–Trinajstić information content (AvgIpc) is 2.82. The number of hydrogen-bond acceptors (Lipinski definition) is 2. The molecule has 98 valence electrons. The summed E-state index contributed by atoms with van der Waals surface area (Å²) < 4.78 is 0. The van der Waals surface area contributed by atoms with Crippen LogP contribution in [0.3, 0.4) is 0 Å². The molecule has 1 saturated carbocycles. The van der Waals surface area contributed by atoms with Crippen molar-refractivity contribution in [1.29, 1.82) is 0 Å². The molecule has 0 bridgehead atoms. The van der Waals surface area contributed by atoms with Crippen molar-refractivity contribution in [1.82, 2.24) is 10.6 Å². The molecule has 2 aliphatic rings. The Morgan fingerprint density at radius 1 is 1.24 bits per heavy atom. The van der Waals surface area contributed by atoms with E-state index in [0.717, 1.165) is 31.3 Å². The first-order chi connectivity index (χ1) is 8.29. The van der Waals surface area contributed by atoms with E-state index in [9.17, 15) is 4.79 Å². The molecule has 3 heteroatoms. The Morgan fingerprint density at radius 3 is 2.71 bits per heavy atom. The molecule has 2 unspecified atom stereocenters. The summed E-state index contributed by atoms with van der Waals surface area (Å²) >= 11 is 0. The van der Waals surface area contributed by atoms with Crippen LogP contribution in [-0.2, 0) is 4.79 Å². The summed E-state index contributed by atoms with van der Waals surface area (Å²) in [4.78, 5) is 11.8. The SMILES string of the molecule is CCNC(=O)C1CC(CC2CCCC2)CCN1. The minimum absolute atomic E-state index is 0.0649. The Labute approximate surface area is 105 Å². The maximum atomic E-state index is 11.8. The van der Waals surface area contributed by atoms with Gasteiger partial charge in [0.25, 0.3) is 0 Å². The average molecular weight is 238 g/mol. The lowest BCUT2D eigenvalue weighted by molar-refractivity contribution is -0.124. The lowest BCUT2D eigenvalue weighted by atomic mass is 9.84. The molecule has 2 N–H and O–H groups in total. The van der Waals surface area contributed by atoms with Gasteiger partial charge < -0.3 is 10.6 Å². The van der Waals surface area contributed by atoms with Crippen molar-refractivity contribution in [2.24, 2.45) is 11.8 Å². The van der Waals surface area contributed by atoms with Crippen LogP contribution >= 0.6 is 0 Å². The van der Waals surface area contributed by atoms with Gasteiger partial charge in [0.05, 0.1) is 6.04 Å². The second-order valence-corrected chi connectivity index (χ2v) is 5.68. The Bertz CT molecular complexity index is 249. The molecule has 0 aromatic carbocycles. The maximum absolute atomic E-state index is 11.8. The summed E-state index contributed by atoms with van der Waals surface area (Å²) in [7, 11) is 0. The Kier molecular flexibility index (Phi) is 4.84. The lowest BCUT2D eigenvalue weighted by Crippen LogP contribution is -2.48. The molecular formula is C14H26N2O. The fourth-order valence-electron chi connectivity index (χ4n) is 3.42. The van der Waals surface area contributed by atoms with E-state index in [1.54, 1.807) is 0 Å². The van der Waals surface area contributed by atoms with Crippen LogP contribution in [0.2, 0.25) is 0 Å². The van der Waals surface area contributed by atoms with Crippen LogP contribution in [0.4, 0.5) is 0 Å². The van der Waals surface area contributed by atoms with Crippen LogP contribution < -0.4 is 10.6 Å². The van der Waals surface area contributed by atoms with Crippen LogP contribution in [0.25, 0.3) is 0 Å². The second-order valence-electron chi connectivity index (χ2n) is 5.68. The molecule has 1 saturated heterocycles. The number of hydrogen-bond donors (Lipinski definition) is 2. The molecule has 1 aliphatic carbocycles. The number of rotatable bonds is 4. The molecule has 17 heavy (non-hydrogen) atoms. The van der Waals surface area contributed by atoms with Crippen molar-refractivity contribution >= 4 is 5.91 Å². The number of piperidine rings is 1. The Morgan fingerprint density at radius 2 is 2.00 bits per heavy atom. The smallest absolute Gasteiger partial charge is 0.237 e. The summed E-state index contributed by atoms with van der Waals surface area (Å²) in [6.07, 6.45) is 9.36. The monoisotopic (exact) mass is 238 g/mol. The van der Waals surface area contributed by atoms with Gasteiger partial charge in [-0.1, -0.05) is 25.7 Å². The predicted octanol–water partition coefficient (Wildman–Crippen LogP) is 2.07. The van der Waals surface area contributed by atoms with Gasteiger partial charge in [0, 0.05) is 6.54 Å². The van der Waals surface area contributed by atoms with E-state index in [-0.39, 0.29) is 11.9 Å². The molecular weight excluding hydrogens is 212 g/mol. The van der Waals surface area contributed by atoms with E-state index >= 15 is 0 Å². The summed E-state index contributed by atoms with van der Waals surface area (Å²) in [5.74, 6) is 1.92. The number of amides is 1. The van der Waals surface area contributed by atoms with Gasteiger partial charge in [0.2, 0.25) is 5.91 Å². The quantitative estimate of drug-likeness (QED) is 0.787. The standard InChI is InChI=1S/C14H26N2O/c1-2-15-14(17)13-10-12(7-8-16-13)9-11-5-3-4-6-11/h11-13,16H,2-10H2,1H3,(H,15,17). The first-order valence-electron chi connectivity index (χ1n) is 7.30. The van der Waals surface area contributed by atoms with Gasteiger partial charge in [-0.3, -0.25) is 4.79 Å². The van der Waals surface area contributed by atoms with Crippen LogP contribution in [-0.4, -0.2) is 25.0 Å². The van der Waals surface area contributed by atoms with E-state index < -0.39 is 0 Å². The van der Waals surface area contributed by atoms with E-state index in [2.05, 4.69) is 10.6 Å². The zero-order valence-electron chi connectivity index (χ0n) is 11.0. The van der Waals surface area contributed by atoms with Crippen LogP contribution in [0, 0.1) is 11.8 Å². The number of likely N-dealkylation sites (N-methyl/N-ethyl adjacent to an activating group) is 1. The minimum Gasteiger partial charge on any atom is -0.355 e. The van der Waals surface area contributed by atoms with E-state index in [1.807, 2.05) is 6.92 Å². The largest absolute Gasteiger partial charge is 0.355 e. The fourth-order valence-corrected chi connectivity index (χ4v) is 3.42. The third-order valence-corrected chi connectivity index (χ3v) is 4.32. The predicted molar refractivity (Wildman–Crippen MR) is 69.8 cm³/mol. The van der Waals surface area contributed by atoms with Crippen molar-refractivity contribution in [3.63, 3.8) is 0 Å². The fraction of sp³-hybridized carbons (Fsp3) is 0.929. The summed E-state index contributed by atoms with van der Waals surface area (Å²) in [5, 5.41) is 6.27. The number of carbonyl (C=O) groups is 1. The molecule has 1 heterocycles. The molecule has 2 rings (SSSR count). The highest BCUT2D eigenvalue weighted by Gasteiger charge is 2.28. The second kappa shape index (κ2) is 6.39. The zero-order chi connectivity index (χ0) is 12.1. The summed E-state index contributed by atoms with van der Waals surface area (Å²) in [5.41, 5.74) is 0. The summed E-state index contributed by atoms with van der Waals surface area (Å²) in [6, 6.07) is 0.0649. The van der Waals surface area contributed by atoms with Crippen LogP contribution in [0.5, 0.6) is 0 Å². The van der Waals surface area contributed by atoms with Gasteiger partial charge in [0.15, 0.2) is 0 Å². The van der Waals surface area contributed by atoms with Crippen molar-refractivity contribution in [3.05, 3.63) is 0 Å². The molecule has 0 spiro atoms. The summed E-state index contributed by atoms with van der Waals surface area (Å²) in [6.45, 7) is 3.74. The van der Waals surface area contributed by atoms with E-state index in [0.29, 0.717) is 0 Å². The van der Waals surface area contributed by atoms with E-state index in [1.165, 1.54) is 38.5 Å². The topological polar surface area (TPSA) is 41.1 Å². The van der Waals surface area contributed by atoms with Crippen molar-refractivity contribution in [2.45, 2.75) is 57.9 Å². The van der Waals surface area contributed by atoms with Gasteiger partial charge in [-0.2, -0.15) is 0 Å². The van der Waals surface area contributed by atoms with E-state index in [4.69, 9.17) is 0 Å². The third kappa shape index (κ3) is 3.70. The van der Waals surface area contributed by atoms with Crippen molar-refractivity contribution in [2.75, 3.05) is 13.1 Å². The molecule has 2 atom stereocenters. The van der Waals surface area contributed by atoms with Crippen LogP contribution in [0.15, 0.2) is 0 Å². The van der Waals surface area contributed by atoms with Crippen LogP contribution in [0.1, 0.15) is 51.9 Å². The molecule has 1 aliphatic heterocycles. The maximum Gasteiger partial charge on any atom is 0.237 e. The van der Waals surface area contributed by atoms with Gasteiger partial charge >= 0.3 is 0 Å². The Balaban J connectivity index is 1.77. The zero-order valence-corrected chi connectivity index (χ0v) is 11.0. The molecule has 0 aromatic rings. The minimum atomic E-state index is 0.0649. The molecule has 0 radical (unpaired) electrons. The number of nitrogens with one attached hydrogen (secondary N) is 2. The van der Waals surface area contributed by atoms with Crippen molar-refractivity contribution in [3.8, 4) is 0 Å². The normalized spacial score (nSPS) is 30.4. The van der Waals surface area contributed by atoms with Gasteiger partial charge in [-0.25, -0.2) is 0 Å². The Hall–Kier alpha value is -0.570. The van der Waals surface area contributed by atoms with Gasteiger partial charge in [0.1, 0.15) is 0 Å². The number of carbonyl (C=O) groups excluding carboxylic acids is 1. The lowest BCUT2D eigenvalue weighted by Gasteiger charge is -2.31. The molecule has 0 aromatic heterocycles. The van der Waals surface area contributed by atoms with Crippen molar-refractivity contribution < 1.29 is 4.79 Å². The third-order valence-electron chi connectivity index (χ3n) is 4.32. The van der Waals surface area contributed by atoms with Gasteiger partial charge in [-0.05, 0) is 44.6 Å². The van der Waals surface area contributed by atoms with Gasteiger partial charge in [-0.15, -0.1) is 0 Å². The first-order valence-corrected chi connectivity index (χ1v) is 7.30. The highest BCUT2D eigenvalue weighted by atomic mass is 16.2. The molecule has 1 amide bonds.